The van der Waals surface area contributed by atoms with Crippen LogP contribution in [0.2, 0.25) is 0 Å². The van der Waals surface area contributed by atoms with E-state index in [9.17, 15) is 14.4 Å². The molecule has 0 aromatic carbocycles. The molecule has 188 valence electrons. The van der Waals surface area contributed by atoms with E-state index in [2.05, 4.69) is 5.32 Å². The summed E-state index contributed by atoms with van der Waals surface area (Å²) < 4.78 is 24.3. The fraction of sp³-hybridized carbons (Fsp3) is 0.667. The lowest BCUT2D eigenvalue weighted by Crippen LogP contribution is -2.36. The van der Waals surface area contributed by atoms with Crippen molar-refractivity contribution in [3.63, 3.8) is 0 Å². The van der Waals surface area contributed by atoms with Gasteiger partial charge in [-0.25, -0.2) is 14.4 Å². The zero-order valence-corrected chi connectivity index (χ0v) is 20.5. The third kappa shape index (κ3) is 11.6. The van der Waals surface area contributed by atoms with Gasteiger partial charge in [0.1, 0.15) is 17.1 Å². The van der Waals surface area contributed by atoms with Gasteiger partial charge in [-0.15, -0.1) is 0 Å². The van der Waals surface area contributed by atoms with Gasteiger partial charge in [0.2, 0.25) is 0 Å². The minimum Gasteiger partial charge on any atom is -0.444 e. The molecule has 33 heavy (non-hydrogen) atoms. The van der Waals surface area contributed by atoms with Crippen molar-refractivity contribution in [3.05, 3.63) is 44.3 Å². The summed E-state index contributed by atoms with van der Waals surface area (Å²) in [5.41, 5.74) is 4.86. The molecule has 0 radical (unpaired) electrons. The molecule has 2 aromatic heterocycles. The normalized spacial score (nSPS) is 11.5. The van der Waals surface area contributed by atoms with E-state index in [1.54, 1.807) is 13.8 Å². The number of nitrogens with one attached hydrogen (secondary N) is 1. The number of aryl methyl sites for hydroxylation is 2. The topological polar surface area (TPSA) is 158 Å². The van der Waals surface area contributed by atoms with Gasteiger partial charge in [0, 0.05) is 26.2 Å². The van der Waals surface area contributed by atoms with E-state index in [4.69, 9.17) is 28.1 Å². The Morgan fingerprint density at radius 1 is 0.909 bits per heavy atom. The number of hydrogen-bond donors (Lipinski definition) is 2. The van der Waals surface area contributed by atoms with Crippen LogP contribution < -0.4 is 22.7 Å². The Kier molecular flexibility index (Phi) is 11.1. The number of nitrogens with zero attached hydrogens (tertiary/aromatic N) is 2. The monoisotopic (exact) mass is 472 g/mol. The number of amides is 1. The Hall–Kier alpha value is -2.83. The summed E-state index contributed by atoms with van der Waals surface area (Å²) in [6.45, 7) is 12.2. The molecule has 0 unspecified atom stereocenters. The zero-order chi connectivity index (χ0) is 25.2. The molecule has 1 amide bonds. The molecule has 12 nitrogen and oxygen atoms in total. The first-order valence-electron chi connectivity index (χ1n) is 10.5. The number of alkyl carbamates (subject to hydrolysis) is 1. The molecule has 0 atom stereocenters. The van der Waals surface area contributed by atoms with Gasteiger partial charge in [0.15, 0.2) is 11.5 Å². The standard InChI is InChI=1S/C13H22N2O5.C8H14N2O3/c1-9-10(19-12(17)18-9)8-15(5)7-6-14-11(16)20-13(2,3)4;1-6-7(13-8(11)12-6)5-10(2)4-3-9/h6-8H2,1-5H3,(H,14,16);3-5,9H2,1-2H3. The molecule has 0 aliphatic heterocycles. The molecule has 12 heteroatoms. The Labute approximate surface area is 192 Å². The quantitative estimate of drug-likeness (QED) is 0.544. The van der Waals surface area contributed by atoms with Crippen LogP contribution in [0, 0.1) is 13.8 Å². The predicted octanol–water partition coefficient (Wildman–Crippen LogP) is 1.43. The minimum absolute atomic E-state index is 0.437. The van der Waals surface area contributed by atoms with Crippen LogP contribution in [0.3, 0.4) is 0 Å². The summed E-state index contributed by atoms with van der Waals surface area (Å²) in [4.78, 5) is 36.9. The van der Waals surface area contributed by atoms with Crippen LogP contribution in [0.25, 0.3) is 0 Å². The molecule has 0 bridgehead atoms. The predicted molar refractivity (Wildman–Crippen MR) is 120 cm³/mol. The molecule has 0 fully saturated rings. The van der Waals surface area contributed by atoms with Crippen LogP contribution in [0.4, 0.5) is 4.79 Å². The van der Waals surface area contributed by atoms with Gasteiger partial charge in [-0.2, -0.15) is 0 Å². The highest BCUT2D eigenvalue weighted by atomic mass is 16.6. The van der Waals surface area contributed by atoms with Gasteiger partial charge >= 0.3 is 17.7 Å². The number of carbonyl (C=O) groups is 1. The third-order valence-electron chi connectivity index (χ3n) is 4.17. The number of rotatable bonds is 9. The Morgan fingerprint density at radius 2 is 1.36 bits per heavy atom. The van der Waals surface area contributed by atoms with Gasteiger partial charge in [0.25, 0.3) is 0 Å². The zero-order valence-electron chi connectivity index (χ0n) is 20.5. The third-order valence-corrected chi connectivity index (χ3v) is 4.17. The Bertz CT molecular complexity index is 966. The smallest absolute Gasteiger partial charge is 0.444 e. The summed E-state index contributed by atoms with van der Waals surface area (Å²) >= 11 is 0. The van der Waals surface area contributed by atoms with E-state index < -0.39 is 23.3 Å². The SMILES string of the molecule is Cc1oc(=O)oc1CN(C)CCN.Cc1oc(=O)oc1CN(C)CCNC(=O)OC(C)(C)C. The minimum atomic E-state index is -0.697. The Morgan fingerprint density at radius 3 is 1.73 bits per heavy atom. The van der Waals surface area contributed by atoms with E-state index in [0.717, 1.165) is 6.54 Å². The number of ether oxygens (including phenoxy) is 1. The fourth-order valence-electron chi connectivity index (χ4n) is 2.57. The first-order chi connectivity index (χ1) is 15.3. The molecule has 2 aromatic rings. The maximum absolute atomic E-state index is 11.4. The van der Waals surface area contributed by atoms with E-state index in [1.165, 1.54) is 0 Å². The molecule has 0 aliphatic rings. The molecular weight excluding hydrogens is 436 g/mol. The van der Waals surface area contributed by atoms with Gasteiger partial charge in [-0.1, -0.05) is 0 Å². The summed E-state index contributed by atoms with van der Waals surface area (Å²) in [7, 11) is 3.75. The number of hydrogen-bond acceptors (Lipinski definition) is 11. The molecule has 2 rings (SSSR count). The van der Waals surface area contributed by atoms with Crippen molar-refractivity contribution in [3.8, 4) is 0 Å². The fourth-order valence-corrected chi connectivity index (χ4v) is 2.57. The van der Waals surface area contributed by atoms with Crippen LogP contribution in [0.15, 0.2) is 27.3 Å². The second-order valence-corrected chi connectivity index (χ2v) is 8.56. The molecule has 2 heterocycles. The van der Waals surface area contributed by atoms with Crippen LogP contribution in [-0.2, 0) is 17.8 Å². The summed E-state index contributed by atoms with van der Waals surface area (Å²) in [6.07, 6.45) is -0.447. The number of carbonyl (C=O) groups excluding carboxylic acids is 1. The summed E-state index contributed by atoms with van der Waals surface area (Å²) in [5, 5.41) is 2.66. The lowest BCUT2D eigenvalue weighted by Gasteiger charge is -2.20. The van der Waals surface area contributed by atoms with Crippen molar-refractivity contribution >= 4 is 6.09 Å². The molecule has 3 N–H and O–H groups in total. The molecule has 0 saturated heterocycles. The van der Waals surface area contributed by atoms with Crippen molar-refractivity contribution in [2.45, 2.75) is 53.3 Å². The van der Waals surface area contributed by atoms with Crippen molar-refractivity contribution < 1.29 is 27.2 Å². The Balaban J connectivity index is 0.000000361. The highest BCUT2D eigenvalue weighted by molar-refractivity contribution is 5.67. The molecular formula is C21H36N4O8. The average molecular weight is 473 g/mol. The second-order valence-electron chi connectivity index (χ2n) is 8.56. The maximum Gasteiger partial charge on any atom is 0.519 e. The number of nitrogens with two attached hydrogens (primary N) is 1. The highest BCUT2D eigenvalue weighted by Crippen LogP contribution is 2.08. The van der Waals surface area contributed by atoms with Crippen molar-refractivity contribution in [2.75, 3.05) is 40.3 Å². The van der Waals surface area contributed by atoms with Crippen molar-refractivity contribution in [1.29, 1.82) is 0 Å². The molecule has 0 saturated carbocycles. The summed E-state index contributed by atoms with van der Waals surface area (Å²) in [5.74, 6) is 0.734. The van der Waals surface area contributed by atoms with Gasteiger partial charge in [-0.05, 0) is 48.7 Å². The van der Waals surface area contributed by atoms with Crippen LogP contribution in [0.1, 0.15) is 43.8 Å². The van der Waals surface area contributed by atoms with Crippen molar-refractivity contribution in [2.24, 2.45) is 5.73 Å². The lowest BCUT2D eigenvalue weighted by atomic mass is 10.2. The van der Waals surface area contributed by atoms with E-state index in [1.807, 2.05) is 44.7 Å². The van der Waals surface area contributed by atoms with Crippen molar-refractivity contribution in [1.82, 2.24) is 15.1 Å². The van der Waals surface area contributed by atoms with Gasteiger partial charge < -0.3 is 33.5 Å². The largest absolute Gasteiger partial charge is 0.519 e. The first kappa shape index (κ1) is 28.2. The number of likely N-dealkylation sites (N-methyl/N-ethyl adjacent to an activating group) is 2. The van der Waals surface area contributed by atoms with Gasteiger partial charge in [0.05, 0.1) is 13.1 Å². The second kappa shape index (κ2) is 13.0. The van der Waals surface area contributed by atoms with E-state index >= 15 is 0 Å². The maximum atomic E-state index is 11.4. The lowest BCUT2D eigenvalue weighted by molar-refractivity contribution is 0.0523. The van der Waals surface area contributed by atoms with Gasteiger partial charge in [-0.3, -0.25) is 9.80 Å². The highest BCUT2D eigenvalue weighted by Gasteiger charge is 2.16. The van der Waals surface area contributed by atoms with E-state index in [-0.39, 0.29) is 0 Å². The van der Waals surface area contributed by atoms with Crippen LogP contribution >= 0.6 is 0 Å². The van der Waals surface area contributed by atoms with E-state index in [0.29, 0.717) is 55.8 Å². The van der Waals surface area contributed by atoms with Crippen LogP contribution in [-0.4, -0.2) is 61.8 Å². The summed E-state index contributed by atoms with van der Waals surface area (Å²) in [6, 6.07) is 0. The molecule has 0 spiro atoms. The van der Waals surface area contributed by atoms with Crippen LogP contribution in [0.5, 0.6) is 0 Å². The molecule has 0 aliphatic carbocycles. The average Bonchev–Trinajstić information content (AvgIpc) is 3.13. The first-order valence-corrected chi connectivity index (χ1v) is 10.5.